The summed E-state index contributed by atoms with van der Waals surface area (Å²) in [5.41, 5.74) is -0.665. The molecule has 0 saturated carbocycles. The molecule has 3 nitrogen and oxygen atoms in total. The second-order valence-electron chi connectivity index (χ2n) is 11.0. The topological polar surface area (TPSA) is 15.7 Å². The highest BCUT2D eigenvalue weighted by molar-refractivity contribution is 5.36. The molecule has 2 saturated heterocycles. The summed E-state index contributed by atoms with van der Waals surface area (Å²) in [7, 11) is 0. The summed E-state index contributed by atoms with van der Waals surface area (Å²) in [6.07, 6.45) is -12.2. The second-order valence-corrected chi connectivity index (χ2v) is 11.0. The lowest BCUT2D eigenvalue weighted by molar-refractivity contribution is -0.274. The summed E-state index contributed by atoms with van der Waals surface area (Å²) in [6, 6.07) is 15.1. The number of likely N-dealkylation sites (tertiary alicyclic amines) is 2. The van der Waals surface area contributed by atoms with E-state index in [4.69, 9.17) is 0 Å². The predicted octanol–water partition coefficient (Wildman–Crippen LogP) is 8.82. The number of benzene rings is 3. The van der Waals surface area contributed by atoms with E-state index in [1.807, 2.05) is 0 Å². The zero-order valence-electron chi connectivity index (χ0n) is 22.8. The molecule has 2 heterocycles. The van der Waals surface area contributed by atoms with Gasteiger partial charge in [0.25, 0.3) is 0 Å². The van der Waals surface area contributed by atoms with Gasteiger partial charge in [0.15, 0.2) is 0 Å². The predicted molar refractivity (Wildman–Crippen MR) is 141 cm³/mol. The van der Waals surface area contributed by atoms with Crippen LogP contribution in [0.15, 0.2) is 72.8 Å². The van der Waals surface area contributed by atoms with E-state index in [1.165, 1.54) is 48.5 Å². The van der Waals surface area contributed by atoms with Gasteiger partial charge >= 0.3 is 18.7 Å². The number of alkyl halides is 9. The van der Waals surface area contributed by atoms with E-state index in [1.54, 1.807) is 17.0 Å². The Kier molecular flexibility index (Phi) is 8.72. The van der Waals surface area contributed by atoms with Crippen molar-refractivity contribution in [2.24, 2.45) is 0 Å². The number of nitrogens with zero attached hydrogens (tertiary/aromatic N) is 2. The van der Waals surface area contributed by atoms with Crippen molar-refractivity contribution >= 4 is 0 Å². The van der Waals surface area contributed by atoms with Crippen LogP contribution < -0.4 is 4.74 Å². The van der Waals surface area contributed by atoms with Gasteiger partial charge in [-0.15, -0.1) is 13.2 Å². The lowest BCUT2D eigenvalue weighted by Crippen LogP contribution is -2.55. The molecule has 0 spiro atoms. The average Bonchev–Trinajstić information content (AvgIpc) is 2.93. The standard InChI is InChI=1S/C31H29F9N2O/c32-29(33,34)26-7-3-1-5-22(26)18-42-23(17-28(42)25-6-2-4-8-27(25)30(35,36)37)19-41-15-13-21(14-16-41)20-9-11-24(12-10-20)43-31(38,39)40/h1-12,21,23,28H,13-19H2. The van der Waals surface area contributed by atoms with Gasteiger partial charge < -0.3 is 9.64 Å². The minimum Gasteiger partial charge on any atom is -0.406 e. The van der Waals surface area contributed by atoms with Crippen LogP contribution in [0.5, 0.6) is 5.75 Å². The zero-order valence-corrected chi connectivity index (χ0v) is 22.8. The summed E-state index contributed by atoms with van der Waals surface area (Å²) in [5.74, 6) is -0.189. The van der Waals surface area contributed by atoms with Crippen LogP contribution in [0.4, 0.5) is 39.5 Å². The Hall–Kier alpha value is -3.25. The Morgan fingerprint density at radius 1 is 0.698 bits per heavy atom. The van der Waals surface area contributed by atoms with E-state index >= 15 is 0 Å². The van der Waals surface area contributed by atoms with E-state index in [2.05, 4.69) is 9.64 Å². The minimum atomic E-state index is -4.77. The number of rotatable bonds is 7. The van der Waals surface area contributed by atoms with Crippen molar-refractivity contribution in [3.63, 3.8) is 0 Å². The Bertz CT molecular complexity index is 1380. The van der Waals surface area contributed by atoms with Gasteiger partial charge in [0.05, 0.1) is 11.1 Å². The van der Waals surface area contributed by atoms with Gasteiger partial charge in [0.1, 0.15) is 5.75 Å². The first-order valence-corrected chi connectivity index (χ1v) is 13.8. The van der Waals surface area contributed by atoms with E-state index in [0.29, 0.717) is 38.9 Å². The summed E-state index contributed by atoms with van der Waals surface area (Å²) < 4.78 is 124. The number of hydrogen-bond acceptors (Lipinski definition) is 3. The smallest absolute Gasteiger partial charge is 0.406 e. The molecular formula is C31H29F9N2O. The molecule has 12 heteroatoms. The lowest BCUT2D eigenvalue weighted by Gasteiger charge is -2.52. The van der Waals surface area contributed by atoms with Crippen molar-refractivity contribution in [2.75, 3.05) is 19.6 Å². The highest BCUT2D eigenvalue weighted by Crippen LogP contribution is 2.46. The van der Waals surface area contributed by atoms with Crippen LogP contribution >= 0.6 is 0 Å². The quantitative estimate of drug-likeness (QED) is 0.247. The maximum absolute atomic E-state index is 13.9. The Labute approximate surface area is 242 Å². The van der Waals surface area contributed by atoms with Crippen molar-refractivity contribution in [1.29, 1.82) is 0 Å². The lowest BCUT2D eigenvalue weighted by atomic mass is 9.83. The Balaban J connectivity index is 1.29. The molecule has 232 valence electrons. The number of hydrogen-bond donors (Lipinski definition) is 0. The summed E-state index contributed by atoms with van der Waals surface area (Å²) in [5, 5.41) is 0. The molecule has 3 aromatic rings. The molecule has 2 atom stereocenters. The summed E-state index contributed by atoms with van der Waals surface area (Å²) in [4.78, 5) is 3.89. The van der Waals surface area contributed by atoms with E-state index in [9.17, 15) is 39.5 Å². The van der Waals surface area contributed by atoms with Gasteiger partial charge in [-0.2, -0.15) is 26.3 Å². The number of piperidine rings is 1. The SMILES string of the molecule is FC(F)(F)Oc1ccc(C2CCN(CC3CC(c4ccccc4C(F)(F)F)N3Cc3ccccc3C(F)(F)F)CC2)cc1. The molecule has 3 aromatic carbocycles. The van der Waals surface area contributed by atoms with Crippen LogP contribution in [0.1, 0.15) is 59.0 Å². The summed E-state index contributed by atoms with van der Waals surface area (Å²) >= 11 is 0. The molecule has 43 heavy (non-hydrogen) atoms. The van der Waals surface area contributed by atoms with Crippen LogP contribution in [0, 0.1) is 0 Å². The van der Waals surface area contributed by atoms with Crippen molar-refractivity contribution < 1.29 is 44.3 Å². The fraction of sp³-hybridized carbons (Fsp3) is 0.419. The third kappa shape index (κ3) is 7.46. The molecule has 2 fully saturated rings. The van der Waals surface area contributed by atoms with Crippen LogP contribution in [-0.4, -0.2) is 41.8 Å². The Morgan fingerprint density at radius 2 is 1.28 bits per heavy atom. The number of ether oxygens (including phenoxy) is 1. The molecular weight excluding hydrogens is 587 g/mol. The monoisotopic (exact) mass is 616 g/mol. The van der Waals surface area contributed by atoms with Crippen LogP contribution in [0.25, 0.3) is 0 Å². The normalized spacial score (nSPS) is 21.0. The molecule has 0 aromatic heterocycles. The van der Waals surface area contributed by atoms with Gasteiger partial charge in [-0.25, -0.2) is 0 Å². The molecule has 2 aliphatic heterocycles. The molecule has 0 aliphatic carbocycles. The third-order valence-electron chi connectivity index (χ3n) is 8.31. The highest BCUT2D eigenvalue weighted by Gasteiger charge is 2.45. The van der Waals surface area contributed by atoms with Gasteiger partial charge in [0.2, 0.25) is 0 Å². The van der Waals surface area contributed by atoms with Crippen molar-refractivity contribution in [3.8, 4) is 5.75 Å². The maximum atomic E-state index is 13.9. The minimum absolute atomic E-state index is 0.00541. The first-order valence-electron chi connectivity index (χ1n) is 13.8. The average molecular weight is 617 g/mol. The van der Waals surface area contributed by atoms with Gasteiger partial charge in [-0.1, -0.05) is 48.5 Å². The van der Waals surface area contributed by atoms with Crippen LogP contribution in [0.3, 0.4) is 0 Å². The van der Waals surface area contributed by atoms with Crippen LogP contribution in [0.2, 0.25) is 0 Å². The van der Waals surface area contributed by atoms with Crippen molar-refractivity contribution in [3.05, 3.63) is 101 Å². The molecule has 0 amide bonds. The fourth-order valence-corrected chi connectivity index (χ4v) is 6.24. The maximum Gasteiger partial charge on any atom is 0.573 e. The molecule has 0 radical (unpaired) electrons. The Morgan fingerprint density at radius 3 is 1.88 bits per heavy atom. The second kappa shape index (κ2) is 12.0. The van der Waals surface area contributed by atoms with Gasteiger partial charge in [-0.3, -0.25) is 4.90 Å². The van der Waals surface area contributed by atoms with Crippen molar-refractivity contribution in [1.82, 2.24) is 9.80 Å². The van der Waals surface area contributed by atoms with Gasteiger partial charge in [0, 0.05) is 25.2 Å². The van der Waals surface area contributed by atoms with Crippen LogP contribution in [-0.2, 0) is 18.9 Å². The molecule has 2 unspecified atom stereocenters. The van der Waals surface area contributed by atoms with E-state index < -0.39 is 35.9 Å². The highest BCUT2D eigenvalue weighted by atomic mass is 19.4. The third-order valence-corrected chi connectivity index (χ3v) is 8.31. The molecule has 0 bridgehead atoms. The first-order chi connectivity index (χ1) is 20.2. The van der Waals surface area contributed by atoms with Crippen molar-refractivity contribution in [2.45, 2.75) is 62.5 Å². The zero-order chi connectivity index (χ0) is 31.0. The van der Waals surface area contributed by atoms with E-state index in [0.717, 1.165) is 17.7 Å². The molecule has 0 N–H and O–H groups in total. The molecule has 2 aliphatic rings. The first kappa shape index (κ1) is 31.2. The summed E-state index contributed by atoms with van der Waals surface area (Å²) in [6.45, 7) is 1.60. The van der Waals surface area contributed by atoms with Gasteiger partial charge in [-0.05, 0) is 79.2 Å². The fourth-order valence-electron chi connectivity index (χ4n) is 6.24. The molecule has 5 rings (SSSR count). The number of halogens is 9. The van der Waals surface area contributed by atoms with E-state index in [-0.39, 0.29) is 35.4 Å². The largest absolute Gasteiger partial charge is 0.573 e.